The lowest BCUT2D eigenvalue weighted by molar-refractivity contribution is -0.141. The summed E-state index contributed by atoms with van der Waals surface area (Å²) in [6.07, 6.45) is -0.367. The van der Waals surface area contributed by atoms with E-state index in [9.17, 15) is 14.7 Å². The molecule has 0 unspecified atom stereocenters. The standard InChI is InChI=1S/C20H19Cl2NO4/c1-12-4-3-5-14(10-12)27-9-8-23-18-16(22)7-6-15(21)17(18)20(26,19(23)25)11-13(2)24/h3-7,10,26H,8-9,11H2,1-2H3/t20-/m0/s1. The highest BCUT2D eigenvalue weighted by atomic mass is 35.5. The highest BCUT2D eigenvalue weighted by molar-refractivity contribution is 6.38. The van der Waals surface area contributed by atoms with Crippen LogP contribution in [0.15, 0.2) is 36.4 Å². The molecule has 0 saturated heterocycles. The molecule has 1 aliphatic heterocycles. The molecular weight excluding hydrogens is 389 g/mol. The van der Waals surface area contributed by atoms with Crippen molar-refractivity contribution in [2.75, 3.05) is 18.1 Å². The molecule has 0 bridgehead atoms. The number of benzene rings is 2. The monoisotopic (exact) mass is 407 g/mol. The summed E-state index contributed by atoms with van der Waals surface area (Å²) in [6, 6.07) is 10.6. The second kappa shape index (κ2) is 7.50. The fourth-order valence-electron chi connectivity index (χ4n) is 3.33. The maximum atomic E-state index is 13.0. The zero-order valence-corrected chi connectivity index (χ0v) is 16.5. The van der Waals surface area contributed by atoms with Gasteiger partial charge in [0.25, 0.3) is 5.91 Å². The van der Waals surface area contributed by atoms with Gasteiger partial charge in [0.05, 0.1) is 17.3 Å². The quantitative estimate of drug-likeness (QED) is 0.788. The zero-order valence-electron chi connectivity index (χ0n) is 15.0. The lowest BCUT2D eigenvalue weighted by Crippen LogP contribution is -2.43. The van der Waals surface area contributed by atoms with Gasteiger partial charge < -0.3 is 14.7 Å². The van der Waals surface area contributed by atoms with Gasteiger partial charge in [-0.15, -0.1) is 0 Å². The Balaban J connectivity index is 1.89. The van der Waals surface area contributed by atoms with Crippen LogP contribution < -0.4 is 9.64 Å². The molecule has 142 valence electrons. The molecule has 0 spiro atoms. The van der Waals surface area contributed by atoms with E-state index in [2.05, 4.69) is 0 Å². The molecule has 1 heterocycles. The third-order valence-corrected chi connectivity index (χ3v) is 5.06. The fraction of sp³-hybridized carbons (Fsp3) is 0.300. The van der Waals surface area contributed by atoms with Crippen LogP contribution in [-0.4, -0.2) is 29.9 Å². The summed E-state index contributed by atoms with van der Waals surface area (Å²) in [7, 11) is 0. The van der Waals surface area contributed by atoms with Crippen molar-refractivity contribution in [2.45, 2.75) is 25.9 Å². The molecule has 2 aromatic carbocycles. The van der Waals surface area contributed by atoms with Crippen LogP contribution in [0.4, 0.5) is 5.69 Å². The van der Waals surface area contributed by atoms with E-state index in [1.54, 1.807) is 6.07 Å². The predicted octanol–water partition coefficient (Wildman–Crippen LogP) is 3.89. The van der Waals surface area contributed by atoms with Crippen LogP contribution in [0.3, 0.4) is 0 Å². The third kappa shape index (κ3) is 3.68. The van der Waals surface area contributed by atoms with Gasteiger partial charge in [0.1, 0.15) is 18.1 Å². The molecule has 0 aliphatic carbocycles. The number of fused-ring (bicyclic) bond motifs is 1. The number of halogens is 2. The lowest BCUT2D eigenvalue weighted by Gasteiger charge is -2.22. The molecule has 7 heteroatoms. The van der Waals surface area contributed by atoms with Crippen LogP contribution in [0.5, 0.6) is 5.75 Å². The number of ether oxygens (including phenoxy) is 1. The van der Waals surface area contributed by atoms with Crippen LogP contribution in [0.1, 0.15) is 24.5 Å². The van der Waals surface area contributed by atoms with Crippen LogP contribution in [0, 0.1) is 6.92 Å². The van der Waals surface area contributed by atoms with Crippen molar-refractivity contribution in [3.05, 3.63) is 57.6 Å². The summed E-state index contributed by atoms with van der Waals surface area (Å²) in [5, 5.41) is 11.5. The summed E-state index contributed by atoms with van der Waals surface area (Å²) in [5.41, 5.74) is -0.467. The number of nitrogens with zero attached hydrogens (tertiary/aromatic N) is 1. The van der Waals surface area contributed by atoms with Gasteiger partial charge in [-0.05, 0) is 43.7 Å². The predicted molar refractivity (Wildman–Crippen MR) is 105 cm³/mol. The lowest BCUT2D eigenvalue weighted by atomic mass is 9.90. The first kappa shape index (κ1) is 19.7. The molecule has 3 rings (SSSR count). The van der Waals surface area contributed by atoms with Crippen LogP contribution in [0.2, 0.25) is 10.0 Å². The number of carbonyl (C=O) groups excluding carboxylic acids is 2. The Labute approximate surface area is 167 Å². The van der Waals surface area contributed by atoms with Crippen molar-refractivity contribution in [1.29, 1.82) is 0 Å². The SMILES string of the molecule is CC(=O)C[C@@]1(O)C(=O)N(CCOc2cccc(C)c2)c2c(Cl)ccc(Cl)c21. The fourth-order valence-corrected chi connectivity index (χ4v) is 3.90. The molecule has 1 N–H and O–H groups in total. The molecule has 0 fully saturated rings. The number of aliphatic hydroxyl groups is 1. The Morgan fingerprint density at radius 1 is 1.22 bits per heavy atom. The number of hydrogen-bond donors (Lipinski definition) is 1. The van der Waals surface area contributed by atoms with Crippen LogP contribution in [0.25, 0.3) is 0 Å². The molecule has 27 heavy (non-hydrogen) atoms. The van der Waals surface area contributed by atoms with Gasteiger partial charge in [-0.1, -0.05) is 35.3 Å². The largest absolute Gasteiger partial charge is 0.492 e. The number of carbonyl (C=O) groups is 2. The van der Waals surface area contributed by atoms with Gasteiger partial charge in [0.2, 0.25) is 0 Å². The Kier molecular flexibility index (Phi) is 5.47. The van der Waals surface area contributed by atoms with Gasteiger partial charge in [0, 0.05) is 17.0 Å². The molecule has 0 saturated carbocycles. The number of Topliss-reactive ketones (excluding diaryl/α,β-unsaturated/α-hetero) is 1. The van der Waals surface area contributed by atoms with Crippen molar-refractivity contribution in [3.8, 4) is 5.75 Å². The number of anilines is 1. The summed E-state index contributed by atoms with van der Waals surface area (Å²) >= 11 is 12.5. The Morgan fingerprint density at radius 2 is 1.93 bits per heavy atom. The molecule has 5 nitrogen and oxygen atoms in total. The molecule has 0 radical (unpaired) electrons. The number of rotatable bonds is 6. The van der Waals surface area contributed by atoms with E-state index >= 15 is 0 Å². The Morgan fingerprint density at radius 3 is 2.59 bits per heavy atom. The van der Waals surface area contributed by atoms with Crippen molar-refractivity contribution in [1.82, 2.24) is 0 Å². The van der Waals surface area contributed by atoms with E-state index in [0.717, 1.165) is 5.56 Å². The van der Waals surface area contributed by atoms with E-state index in [0.29, 0.717) is 11.4 Å². The van der Waals surface area contributed by atoms with Crippen LogP contribution >= 0.6 is 23.2 Å². The van der Waals surface area contributed by atoms with Gasteiger partial charge in [0.15, 0.2) is 5.60 Å². The minimum absolute atomic E-state index is 0.153. The van der Waals surface area contributed by atoms with E-state index in [4.69, 9.17) is 27.9 Å². The second-order valence-corrected chi connectivity index (χ2v) is 7.43. The molecular formula is C20H19Cl2NO4. The van der Waals surface area contributed by atoms with Gasteiger partial charge in [-0.2, -0.15) is 0 Å². The van der Waals surface area contributed by atoms with Gasteiger partial charge in [-0.25, -0.2) is 0 Å². The molecule has 0 aromatic heterocycles. The summed E-state index contributed by atoms with van der Waals surface area (Å²) in [6.45, 7) is 3.61. The third-order valence-electron chi connectivity index (χ3n) is 4.44. The summed E-state index contributed by atoms with van der Waals surface area (Å²) in [4.78, 5) is 26.0. The second-order valence-electron chi connectivity index (χ2n) is 6.61. The molecule has 2 aromatic rings. The minimum Gasteiger partial charge on any atom is -0.492 e. The Bertz CT molecular complexity index is 915. The van der Waals surface area contributed by atoms with Crippen molar-refractivity contribution in [2.24, 2.45) is 0 Å². The molecule has 1 atom stereocenters. The maximum absolute atomic E-state index is 13.0. The van der Waals surface area contributed by atoms with Crippen LogP contribution in [-0.2, 0) is 15.2 Å². The van der Waals surface area contributed by atoms with Gasteiger partial charge >= 0.3 is 0 Å². The Hall–Kier alpha value is -2.08. The topological polar surface area (TPSA) is 66.8 Å². The average Bonchev–Trinajstić information content (AvgIpc) is 2.80. The van der Waals surface area contributed by atoms with E-state index in [-0.39, 0.29) is 41.0 Å². The van der Waals surface area contributed by atoms with Crippen molar-refractivity contribution in [3.63, 3.8) is 0 Å². The maximum Gasteiger partial charge on any atom is 0.264 e. The summed E-state index contributed by atoms with van der Waals surface area (Å²) < 4.78 is 5.71. The zero-order chi connectivity index (χ0) is 19.8. The number of aryl methyl sites for hydroxylation is 1. The smallest absolute Gasteiger partial charge is 0.264 e. The first-order chi connectivity index (χ1) is 12.7. The normalized spacial score (nSPS) is 18.6. The number of amides is 1. The van der Waals surface area contributed by atoms with E-state index in [1.165, 1.54) is 17.9 Å². The van der Waals surface area contributed by atoms with E-state index in [1.807, 2.05) is 31.2 Å². The molecule has 1 aliphatic rings. The van der Waals surface area contributed by atoms with Crippen molar-refractivity contribution < 1.29 is 19.4 Å². The molecule has 1 amide bonds. The highest BCUT2D eigenvalue weighted by Crippen LogP contribution is 2.49. The van der Waals surface area contributed by atoms with E-state index < -0.39 is 11.5 Å². The highest BCUT2D eigenvalue weighted by Gasteiger charge is 2.52. The first-order valence-corrected chi connectivity index (χ1v) is 9.21. The number of ketones is 1. The summed E-state index contributed by atoms with van der Waals surface area (Å²) in [5.74, 6) is -0.278. The van der Waals surface area contributed by atoms with Gasteiger partial charge in [-0.3, -0.25) is 9.59 Å². The average molecular weight is 408 g/mol. The number of hydrogen-bond acceptors (Lipinski definition) is 4. The minimum atomic E-state index is -2.02. The van der Waals surface area contributed by atoms with Crippen molar-refractivity contribution >= 4 is 40.6 Å². The first-order valence-electron chi connectivity index (χ1n) is 8.46.